The Labute approximate surface area is 134 Å². The number of morpholine rings is 1. The van der Waals surface area contributed by atoms with E-state index < -0.39 is 5.60 Å². The Bertz CT molecular complexity index is 628. The van der Waals surface area contributed by atoms with E-state index in [2.05, 4.69) is 5.32 Å². The van der Waals surface area contributed by atoms with E-state index in [1.165, 1.54) is 12.1 Å². The molecule has 2 amide bonds. The first-order chi connectivity index (χ1) is 10.9. The number of nitrogens with zero attached hydrogens (tertiary/aromatic N) is 2. The highest BCUT2D eigenvalue weighted by molar-refractivity contribution is 5.95. The van der Waals surface area contributed by atoms with Gasteiger partial charge in [0.1, 0.15) is 17.4 Å². The summed E-state index contributed by atoms with van der Waals surface area (Å²) in [5, 5.41) is 12.1. The van der Waals surface area contributed by atoms with Crippen molar-refractivity contribution in [1.29, 1.82) is 0 Å². The van der Waals surface area contributed by atoms with E-state index in [0.717, 1.165) is 0 Å². The number of amides is 2. The van der Waals surface area contributed by atoms with Crippen molar-refractivity contribution in [1.82, 2.24) is 15.1 Å². The van der Waals surface area contributed by atoms with Gasteiger partial charge in [0.05, 0.1) is 19.7 Å². The number of phenolic OH excluding ortho intramolecular Hbond substituents is 1. The van der Waals surface area contributed by atoms with Gasteiger partial charge in [0.25, 0.3) is 5.91 Å². The molecule has 0 aliphatic carbocycles. The number of rotatable bonds is 2. The second kappa shape index (κ2) is 5.82. The van der Waals surface area contributed by atoms with Gasteiger partial charge in [0.15, 0.2) is 0 Å². The molecule has 124 valence electrons. The third-order valence-electron chi connectivity index (χ3n) is 4.50. The van der Waals surface area contributed by atoms with E-state index in [1.807, 2.05) is 11.9 Å². The predicted molar refractivity (Wildman–Crippen MR) is 83.2 cm³/mol. The van der Waals surface area contributed by atoms with Crippen LogP contribution in [-0.2, 0) is 9.53 Å². The molecule has 2 saturated heterocycles. The number of hydrogen-bond donors (Lipinski definition) is 2. The average molecular weight is 319 g/mol. The van der Waals surface area contributed by atoms with E-state index in [1.54, 1.807) is 24.1 Å². The Morgan fingerprint density at radius 2 is 2.09 bits per heavy atom. The summed E-state index contributed by atoms with van der Waals surface area (Å²) in [6.45, 7) is 1.91. The monoisotopic (exact) mass is 319 g/mol. The molecule has 1 aromatic rings. The van der Waals surface area contributed by atoms with Gasteiger partial charge in [-0.15, -0.1) is 0 Å². The highest BCUT2D eigenvalue weighted by atomic mass is 16.5. The van der Waals surface area contributed by atoms with Crippen LogP contribution in [0.5, 0.6) is 5.75 Å². The van der Waals surface area contributed by atoms with Crippen LogP contribution in [0.3, 0.4) is 0 Å². The minimum atomic E-state index is -0.397. The molecule has 2 fully saturated rings. The van der Waals surface area contributed by atoms with Crippen molar-refractivity contribution in [2.45, 2.75) is 11.6 Å². The fourth-order valence-electron chi connectivity index (χ4n) is 3.24. The first-order valence-corrected chi connectivity index (χ1v) is 7.58. The van der Waals surface area contributed by atoms with Crippen LogP contribution in [0.15, 0.2) is 24.3 Å². The lowest BCUT2D eigenvalue weighted by Gasteiger charge is -2.54. The van der Waals surface area contributed by atoms with Crippen molar-refractivity contribution >= 4 is 11.8 Å². The van der Waals surface area contributed by atoms with Crippen LogP contribution in [-0.4, -0.2) is 78.7 Å². The van der Waals surface area contributed by atoms with E-state index in [0.29, 0.717) is 31.8 Å². The standard InChI is InChI=1S/C16H21N3O4/c1-17-14(21)13-7-23-16(8-18(13)2)9-19(10-16)15(22)11-4-3-5-12(20)6-11/h3-6,13,20H,7-10H2,1-2H3,(H,17,21). The number of phenols is 1. The van der Waals surface area contributed by atoms with Crippen LogP contribution in [0.25, 0.3) is 0 Å². The molecule has 0 saturated carbocycles. The summed E-state index contributed by atoms with van der Waals surface area (Å²) in [6, 6.07) is 6.04. The minimum absolute atomic E-state index is 0.0608. The zero-order valence-electron chi connectivity index (χ0n) is 13.3. The third-order valence-corrected chi connectivity index (χ3v) is 4.50. The van der Waals surface area contributed by atoms with E-state index in [9.17, 15) is 14.7 Å². The molecule has 23 heavy (non-hydrogen) atoms. The van der Waals surface area contributed by atoms with Crippen LogP contribution in [0.4, 0.5) is 0 Å². The predicted octanol–water partition coefficient (Wildman–Crippen LogP) is -0.337. The van der Waals surface area contributed by atoms with Crippen molar-refractivity contribution in [3.05, 3.63) is 29.8 Å². The second-order valence-electron chi connectivity index (χ2n) is 6.25. The summed E-state index contributed by atoms with van der Waals surface area (Å²) >= 11 is 0. The molecule has 1 unspecified atom stereocenters. The van der Waals surface area contributed by atoms with E-state index in [-0.39, 0.29) is 23.6 Å². The lowest BCUT2D eigenvalue weighted by molar-refractivity contribution is -0.187. The summed E-state index contributed by atoms with van der Waals surface area (Å²) in [5.41, 5.74) is 0.0680. The molecular weight excluding hydrogens is 298 g/mol. The number of likely N-dealkylation sites (tertiary alicyclic amines) is 1. The van der Waals surface area contributed by atoms with Crippen LogP contribution in [0.1, 0.15) is 10.4 Å². The fourth-order valence-corrected chi connectivity index (χ4v) is 3.24. The number of likely N-dealkylation sites (N-methyl/N-ethyl adjacent to an activating group) is 2. The Morgan fingerprint density at radius 1 is 1.35 bits per heavy atom. The number of nitrogens with one attached hydrogen (secondary N) is 1. The number of ether oxygens (including phenoxy) is 1. The van der Waals surface area contributed by atoms with Gasteiger partial charge >= 0.3 is 0 Å². The van der Waals surface area contributed by atoms with E-state index in [4.69, 9.17) is 4.74 Å². The molecule has 7 heteroatoms. The van der Waals surface area contributed by atoms with Crippen LogP contribution in [0, 0.1) is 0 Å². The molecule has 3 rings (SSSR count). The van der Waals surface area contributed by atoms with E-state index >= 15 is 0 Å². The fraction of sp³-hybridized carbons (Fsp3) is 0.500. The molecule has 2 aliphatic heterocycles. The highest BCUT2D eigenvalue weighted by Gasteiger charge is 2.51. The van der Waals surface area contributed by atoms with Crippen LogP contribution >= 0.6 is 0 Å². The topological polar surface area (TPSA) is 82.1 Å². The number of carbonyl (C=O) groups excluding carboxylic acids is 2. The largest absolute Gasteiger partial charge is 0.508 e. The number of benzene rings is 1. The molecule has 7 nitrogen and oxygen atoms in total. The van der Waals surface area contributed by atoms with Gasteiger partial charge < -0.3 is 20.1 Å². The molecular formula is C16H21N3O4. The lowest BCUT2D eigenvalue weighted by atomic mass is 9.90. The van der Waals surface area contributed by atoms with Crippen molar-refractivity contribution in [3.8, 4) is 5.75 Å². The summed E-state index contributed by atoms with van der Waals surface area (Å²) in [4.78, 5) is 27.8. The molecule has 2 N–H and O–H groups in total. The molecule has 0 aromatic heterocycles. The summed E-state index contributed by atoms with van der Waals surface area (Å²) in [6.07, 6.45) is 0. The molecule has 2 aliphatic rings. The SMILES string of the molecule is CNC(=O)C1COC2(CN(C(=O)c3cccc(O)c3)C2)CN1C. The van der Waals surface area contributed by atoms with Gasteiger partial charge in [-0.1, -0.05) is 6.07 Å². The van der Waals surface area contributed by atoms with Gasteiger partial charge in [-0.05, 0) is 25.2 Å². The van der Waals surface area contributed by atoms with Crippen molar-refractivity contribution in [2.24, 2.45) is 0 Å². The number of hydrogen-bond acceptors (Lipinski definition) is 5. The Morgan fingerprint density at radius 3 is 2.70 bits per heavy atom. The molecule has 0 bridgehead atoms. The molecule has 1 spiro atoms. The Kier molecular flexibility index (Phi) is 3.99. The molecule has 0 radical (unpaired) electrons. The maximum atomic E-state index is 12.4. The zero-order chi connectivity index (χ0) is 16.6. The third kappa shape index (κ3) is 2.89. The first-order valence-electron chi connectivity index (χ1n) is 7.58. The maximum absolute atomic E-state index is 12.4. The van der Waals surface area contributed by atoms with Gasteiger partial charge in [-0.25, -0.2) is 0 Å². The smallest absolute Gasteiger partial charge is 0.254 e. The van der Waals surface area contributed by atoms with Gasteiger partial charge in [0.2, 0.25) is 5.91 Å². The average Bonchev–Trinajstić information content (AvgIpc) is 2.51. The van der Waals surface area contributed by atoms with Crippen molar-refractivity contribution in [2.75, 3.05) is 40.3 Å². The van der Waals surface area contributed by atoms with Crippen molar-refractivity contribution in [3.63, 3.8) is 0 Å². The lowest BCUT2D eigenvalue weighted by Crippen LogP contribution is -2.73. The minimum Gasteiger partial charge on any atom is -0.508 e. The second-order valence-corrected chi connectivity index (χ2v) is 6.25. The number of carbonyl (C=O) groups is 2. The quantitative estimate of drug-likeness (QED) is 0.780. The zero-order valence-corrected chi connectivity index (χ0v) is 13.3. The maximum Gasteiger partial charge on any atom is 0.254 e. The summed E-state index contributed by atoms with van der Waals surface area (Å²) in [7, 11) is 3.50. The molecule has 1 atom stereocenters. The van der Waals surface area contributed by atoms with Gasteiger partial charge in [-0.3, -0.25) is 14.5 Å². The van der Waals surface area contributed by atoms with Crippen LogP contribution in [0.2, 0.25) is 0 Å². The van der Waals surface area contributed by atoms with Gasteiger partial charge in [-0.2, -0.15) is 0 Å². The summed E-state index contributed by atoms with van der Waals surface area (Å²) < 4.78 is 5.90. The molecule has 2 heterocycles. The Hall–Kier alpha value is -2.12. The first kappa shape index (κ1) is 15.8. The Balaban J connectivity index is 1.61. The summed E-state index contributed by atoms with van der Waals surface area (Å²) in [5.74, 6) is -0.103. The van der Waals surface area contributed by atoms with Crippen molar-refractivity contribution < 1.29 is 19.4 Å². The normalized spacial score (nSPS) is 23.4. The molecule has 1 aromatic carbocycles. The van der Waals surface area contributed by atoms with Crippen LogP contribution < -0.4 is 5.32 Å². The van der Waals surface area contributed by atoms with Gasteiger partial charge in [0, 0.05) is 19.2 Å². The highest BCUT2D eigenvalue weighted by Crippen LogP contribution is 2.31. The number of aromatic hydroxyl groups is 1.